The number of ether oxygens (including phenoxy) is 1. The molecule has 0 bridgehead atoms. The summed E-state index contributed by atoms with van der Waals surface area (Å²) in [6, 6.07) is 3.54. The summed E-state index contributed by atoms with van der Waals surface area (Å²) in [4.78, 5) is 22.1. The van der Waals surface area contributed by atoms with Crippen LogP contribution in [0.1, 0.15) is 28.4 Å². The van der Waals surface area contributed by atoms with E-state index in [4.69, 9.17) is 4.74 Å². The summed E-state index contributed by atoms with van der Waals surface area (Å²) in [7, 11) is 0. The molecule has 0 heterocycles. The van der Waals surface area contributed by atoms with Gasteiger partial charge in [-0.1, -0.05) is 15.9 Å². The molecule has 0 atom stereocenters. The second kappa shape index (κ2) is 5.80. The molecule has 0 aliphatic heterocycles. The third-order valence-corrected chi connectivity index (χ3v) is 3.05. The van der Waals surface area contributed by atoms with Crippen molar-refractivity contribution in [3.8, 4) is 0 Å². The molecule has 0 saturated carbocycles. The summed E-state index contributed by atoms with van der Waals surface area (Å²) >= 11 is 3.36. The number of hydrogen-bond donors (Lipinski definition) is 0. The van der Waals surface area contributed by atoms with E-state index in [2.05, 4.69) is 15.9 Å². The van der Waals surface area contributed by atoms with Crippen LogP contribution in [0.15, 0.2) is 16.6 Å². The lowest BCUT2D eigenvalue weighted by molar-refractivity contribution is -0.142. The molecule has 0 N–H and O–H groups in total. The average molecular weight is 285 g/mol. The van der Waals surface area contributed by atoms with Crippen molar-refractivity contribution in [1.29, 1.82) is 0 Å². The molecule has 16 heavy (non-hydrogen) atoms. The Hall–Kier alpha value is -1.16. The van der Waals surface area contributed by atoms with Crippen LogP contribution in [0.2, 0.25) is 0 Å². The van der Waals surface area contributed by atoms with Crippen LogP contribution in [0.25, 0.3) is 0 Å². The van der Waals surface area contributed by atoms with E-state index in [9.17, 15) is 9.59 Å². The maximum Gasteiger partial charge on any atom is 0.310 e. The maximum absolute atomic E-state index is 11.3. The quantitative estimate of drug-likeness (QED) is 0.631. The number of rotatable bonds is 4. The SMILES string of the molecule is CCOC(=O)Cc1cc(Br)c(C)c(C=O)c1. The van der Waals surface area contributed by atoms with Gasteiger partial charge in [0.15, 0.2) is 0 Å². The van der Waals surface area contributed by atoms with Gasteiger partial charge in [-0.25, -0.2) is 0 Å². The molecule has 0 fully saturated rings. The summed E-state index contributed by atoms with van der Waals surface area (Å²) in [5.41, 5.74) is 2.24. The number of benzene rings is 1. The van der Waals surface area contributed by atoms with Crippen LogP contribution in [0.5, 0.6) is 0 Å². The molecular weight excluding hydrogens is 272 g/mol. The number of carbonyl (C=O) groups excluding carboxylic acids is 2. The predicted octanol–water partition coefficient (Wildman–Crippen LogP) is 2.68. The van der Waals surface area contributed by atoms with E-state index < -0.39 is 0 Å². The number of aldehydes is 1. The molecule has 0 aliphatic carbocycles. The van der Waals surface area contributed by atoms with Gasteiger partial charge in [0.25, 0.3) is 0 Å². The first-order valence-electron chi connectivity index (χ1n) is 4.98. The molecular formula is C12H13BrO3. The second-order valence-electron chi connectivity index (χ2n) is 3.39. The van der Waals surface area contributed by atoms with E-state index in [0.29, 0.717) is 12.2 Å². The van der Waals surface area contributed by atoms with Gasteiger partial charge in [-0.2, -0.15) is 0 Å². The Morgan fingerprint density at radius 2 is 2.19 bits per heavy atom. The molecule has 1 aromatic rings. The van der Waals surface area contributed by atoms with E-state index in [1.165, 1.54) is 0 Å². The highest BCUT2D eigenvalue weighted by molar-refractivity contribution is 9.10. The molecule has 0 amide bonds. The molecule has 86 valence electrons. The maximum atomic E-state index is 11.3. The number of esters is 1. The summed E-state index contributed by atoms with van der Waals surface area (Å²) in [6.07, 6.45) is 0.975. The topological polar surface area (TPSA) is 43.4 Å². The zero-order valence-corrected chi connectivity index (χ0v) is 10.8. The molecule has 0 aliphatic rings. The fraction of sp³-hybridized carbons (Fsp3) is 0.333. The van der Waals surface area contributed by atoms with Gasteiger partial charge in [0.2, 0.25) is 0 Å². The summed E-state index contributed by atoms with van der Waals surface area (Å²) in [6.45, 7) is 3.98. The van der Waals surface area contributed by atoms with E-state index in [0.717, 1.165) is 21.9 Å². The van der Waals surface area contributed by atoms with E-state index in [1.807, 2.05) is 13.0 Å². The van der Waals surface area contributed by atoms with Crippen molar-refractivity contribution >= 4 is 28.2 Å². The molecule has 0 saturated heterocycles. The molecule has 0 radical (unpaired) electrons. The van der Waals surface area contributed by atoms with Crippen LogP contribution in [-0.2, 0) is 16.0 Å². The minimum atomic E-state index is -0.282. The van der Waals surface area contributed by atoms with Crippen LogP contribution in [0.3, 0.4) is 0 Å². The first kappa shape index (κ1) is 12.9. The van der Waals surface area contributed by atoms with Gasteiger partial charge in [-0.3, -0.25) is 9.59 Å². The highest BCUT2D eigenvalue weighted by atomic mass is 79.9. The van der Waals surface area contributed by atoms with Gasteiger partial charge in [-0.15, -0.1) is 0 Å². The third kappa shape index (κ3) is 3.17. The Balaban J connectivity index is 2.94. The van der Waals surface area contributed by atoms with E-state index >= 15 is 0 Å². The van der Waals surface area contributed by atoms with Gasteiger partial charge < -0.3 is 4.74 Å². The Labute approximate surface area is 103 Å². The minimum absolute atomic E-state index is 0.188. The standard InChI is InChI=1S/C12H13BrO3/c1-3-16-12(15)6-9-4-10(7-14)8(2)11(13)5-9/h4-5,7H,3,6H2,1-2H3. The van der Waals surface area contributed by atoms with Crippen molar-refractivity contribution in [2.24, 2.45) is 0 Å². The van der Waals surface area contributed by atoms with Crippen LogP contribution in [0.4, 0.5) is 0 Å². The molecule has 0 unspecified atom stereocenters. The van der Waals surface area contributed by atoms with Gasteiger partial charge in [0.05, 0.1) is 13.0 Å². The predicted molar refractivity (Wildman–Crippen MR) is 64.6 cm³/mol. The lowest BCUT2D eigenvalue weighted by Gasteiger charge is -2.07. The summed E-state index contributed by atoms with van der Waals surface area (Å²) < 4.78 is 5.68. The Morgan fingerprint density at radius 1 is 1.50 bits per heavy atom. The van der Waals surface area contributed by atoms with E-state index in [-0.39, 0.29) is 12.4 Å². The van der Waals surface area contributed by atoms with Crippen molar-refractivity contribution in [2.45, 2.75) is 20.3 Å². The zero-order valence-electron chi connectivity index (χ0n) is 9.25. The molecule has 1 aromatic carbocycles. The lowest BCUT2D eigenvalue weighted by Crippen LogP contribution is -2.08. The average Bonchev–Trinajstić information content (AvgIpc) is 2.23. The van der Waals surface area contributed by atoms with Crippen molar-refractivity contribution < 1.29 is 14.3 Å². The number of carbonyl (C=O) groups is 2. The van der Waals surface area contributed by atoms with Crippen molar-refractivity contribution in [3.63, 3.8) is 0 Å². The molecule has 4 heteroatoms. The largest absolute Gasteiger partial charge is 0.466 e. The van der Waals surface area contributed by atoms with Crippen molar-refractivity contribution in [2.75, 3.05) is 6.61 Å². The fourth-order valence-corrected chi connectivity index (χ4v) is 1.88. The summed E-state index contributed by atoms with van der Waals surface area (Å²) in [5, 5.41) is 0. The second-order valence-corrected chi connectivity index (χ2v) is 4.25. The molecule has 0 spiro atoms. The molecule has 0 aromatic heterocycles. The fourth-order valence-electron chi connectivity index (χ4n) is 1.36. The van der Waals surface area contributed by atoms with Crippen LogP contribution >= 0.6 is 15.9 Å². The van der Waals surface area contributed by atoms with Gasteiger partial charge in [0, 0.05) is 10.0 Å². The Kier molecular flexibility index (Phi) is 4.68. The van der Waals surface area contributed by atoms with Gasteiger partial charge in [0.1, 0.15) is 6.29 Å². The third-order valence-electron chi connectivity index (χ3n) is 2.23. The minimum Gasteiger partial charge on any atom is -0.466 e. The van der Waals surface area contributed by atoms with Crippen LogP contribution in [-0.4, -0.2) is 18.9 Å². The zero-order chi connectivity index (χ0) is 12.1. The van der Waals surface area contributed by atoms with Gasteiger partial charge in [-0.05, 0) is 37.1 Å². The normalized spacial score (nSPS) is 9.94. The first-order chi connectivity index (χ1) is 7.58. The smallest absolute Gasteiger partial charge is 0.310 e. The summed E-state index contributed by atoms with van der Waals surface area (Å²) in [5.74, 6) is -0.282. The molecule has 3 nitrogen and oxygen atoms in total. The number of halogens is 1. The van der Waals surface area contributed by atoms with Crippen LogP contribution < -0.4 is 0 Å². The van der Waals surface area contributed by atoms with Gasteiger partial charge >= 0.3 is 5.97 Å². The first-order valence-corrected chi connectivity index (χ1v) is 5.77. The Morgan fingerprint density at radius 3 is 2.75 bits per heavy atom. The Bertz CT molecular complexity index is 413. The highest BCUT2D eigenvalue weighted by Gasteiger charge is 2.08. The molecule has 1 rings (SSSR count). The van der Waals surface area contributed by atoms with E-state index in [1.54, 1.807) is 13.0 Å². The monoisotopic (exact) mass is 284 g/mol. The lowest BCUT2D eigenvalue weighted by atomic mass is 10.0. The van der Waals surface area contributed by atoms with Crippen LogP contribution in [0, 0.1) is 6.92 Å². The highest BCUT2D eigenvalue weighted by Crippen LogP contribution is 2.21. The van der Waals surface area contributed by atoms with Crippen molar-refractivity contribution in [1.82, 2.24) is 0 Å². The number of hydrogen-bond acceptors (Lipinski definition) is 3. The van der Waals surface area contributed by atoms with Crippen molar-refractivity contribution in [3.05, 3.63) is 33.3 Å².